The fourth-order valence-electron chi connectivity index (χ4n) is 0. The van der Waals surface area contributed by atoms with Crippen molar-refractivity contribution in [3.63, 3.8) is 0 Å². The van der Waals surface area contributed by atoms with Crippen molar-refractivity contribution in [2.75, 3.05) is 0 Å². The minimum absolute atomic E-state index is 0. The molecule has 0 amide bonds. The van der Waals surface area contributed by atoms with E-state index in [9.17, 15) is 0 Å². The van der Waals surface area contributed by atoms with Crippen molar-refractivity contribution in [3.8, 4) is 0 Å². The van der Waals surface area contributed by atoms with E-state index in [0.717, 1.165) is 0 Å². The van der Waals surface area contributed by atoms with E-state index in [1.807, 2.05) is 0 Å². The summed E-state index contributed by atoms with van der Waals surface area (Å²) in [7, 11) is 0. The summed E-state index contributed by atoms with van der Waals surface area (Å²) in [5, 5.41) is 0. The molecule has 0 fully saturated rings. The topological polar surface area (TPSA) is 134 Å². The molecular weight excluding hydrogens is 162 g/mol. The van der Waals surface area contributed by atoms with E-state index in [0.29, 0.717) is 0 Å². The van der Waals surface area contributed by atoms with Gasteiger partial charge >= 0.3 is 0 Å². The fraction of sp³-hybridized carbons (Fsp3) is 0. The maximum atomic E-state index is 0. The third-order valence-corrected chi connectivity index (χ3v) is 0. The summed E-state index contributed by atoms with van der Waals surface area (Å²) in [6.07, 6.45) is 0. The van der Waals surface area contributed by atoms with Crippen LogP contribution in [0.15, 0.2) is 0 Å². The molecule has 0 bridgehead atoms. The second kappa shape index (κ2) is 219. The summed E-state index contributed by atoms with van der Waals surface area (Å²) in [6, 6.07) is 0. The van der Waals surface area contributed by atoms with E-state index in [1.54, 1.807) is 0 Å². The van der Waals surface area contributed by atoms with Gasteiger partial charge in [0, 0.05) is 20.4 Å². The van der Waals surface area contributed by atoms with Crippen LogP contribution in [-0.4, -0.2) is 0 Å². The molecule has 0 radical (unpaired) electrons. The first-order valence-corrected chi connectivity index (χ1v) is 0. The van der Waals surface area contributed by atoms with Gasteiger partial charge in [0.05, 0.1) is 0 Å². The van der Waals surface area contributed by atoms with Crippen LogP contribution in [0.2, 0.25) is 0 Å². The number of hydrogen-bond acceptors (Lipinski definition) is 0. The van der Waals surface area contributed by atoms with Crippen LogP contribution >= 0.6 is 0 Å². The van der Waals surface area contributed by atoms with Crippen LogP contribution in [0.3, 0.4) is 0 Å². The van der Waals surface area contributed by atoms with Crippen molar-refractivity contribution in [2.24, 2.45) is 0 Å². The Morgan fingerprint density at radius 3 is 0.400 bits per heavy atom. The van der Waals surface area contributed by atoms with Crippen molar-refractivity contribution in [2.45, 2.75) is 0 Å². The van der Waals surface area contributed by atoms with Gasteiger partial charge in [0.2, 0.25) is 0 Å². The minimum atomic E-state index is 0. The molecule has 0 rings (SSSR count). The first-order valence-electron chi connectivity index (χ1n) is 0. The van der Waals surface area contributed by atoms with Gasteiger partial charge in [-0.1, -0.05) is 0 Å². The third kappa shape index (κ3) is 112. The molecule has 0 aromatic rings. The number of nitrogens with two attached hydrogens (primary N) is 4. The van der Waals surface area contributed by atoms with Crippen molar-refractivity contribution >= 4 is 0 Å². The normalized spacial score (nSPS) is 0. The van der Waals surface area contributed by atoms with E-state index in [-0.39, 0.29) is 45.0 Å². The number of hydrogen-bond donors (Lipinski definition) is 0. The fourth-order valence-corrected chi connectivity index (χ4v) is 0. The Labute approximate surface area is 45.7 Å². The maximum Gasteiger partial charge on any atom is 0 e. The van der Waals surface area contributed by atoms with Crippen LogP contribution < -0.4 is 0 Å². The van der Waals surface area contributed by atoms with Crippen molar-refractivity contribution in [1.82, 2.24) is 0 Å². The van der Waals surface area contributed by atoms with Crippen LogP contribution in [-0.2, 0) is 20.4 Å². The smallest absolute Gasteiger partial charge is 0 e. The molecule has 42 valence electrons. The van der Waals surface area contributed by atoms with Gasteiger partial charge in [0.15, 0.2) is 0 Å². The quantitative estimate of drug-likeness (QED) is 0.494. The van der Waals surface area contributed by atoms with E-state index in [1.165, 1.54) is 0 Å². The summed E-state index contributed by atoms with van der Waals surface area (Å²) >= 11 is 0. The largest absolute Gasteiger partial charge is 0.693 e. The molecule has 0 saturated carbocycles. The van der Waals surface area contributed by atoms with Gasteiger partial charge in [-0.2, -0.15) is 0 Å². The van der Waals surface area contributed by atoms with Gasteiger partial charge < -0.3 is 24.6 Å². The minimum Gasteiger partial charge on any atom is -0.693 e. The van der Waals surface area contributed by atoms with Crippen molar-refractivity contribution < 1.29 is 20.4 Å². The summed E-state index contributed by atoms with van der Waals surface area (Å²) in [4.78, 5) is 0. The van der Waals surface area contributed by atoms with Crippen molar-refractivity contribution in [3.05, 3.63) is 24.6 Å². The SMILES string of the molecule is [NH2-].[NH2-].[NH2-].[NH2-].[Pd]. The molecule has 0 aliphatic heterocycles. The monoisotopic (exact) mass is 170 g/mol. The standard InChI is InChI=1S/4H2N.Pd/h4*1H2;/q4*-1;. The molecule has 0 saturated heterocycles. The zero-order valence-corrected chi connectivity index (χ0v) is 4.18. The second-order valence-electron chi connectivity index (χ2n) is 0. The predicted octanol–water partition coefficient (Wildman–Crippen LogP) is 2.87. The molecule has 0 aliphatic rings. The van der Waals surface area contributed by atoms with E-state index < -0.39 is 0 Å². The maximum absolute atomic E-state index is 0. The summed E-state index contributed by atoms with van der Waals surface area (Å²) in [6.45, 7) is 0. The van der Waals surface area contributed by atoms with Crippen LogP contribution in [0, 0.1) is 0 Å². The molecule has 5 heavy (non-hydrogen) atoms. The Bertz CT molecular complexity index is 3.61. The molecule has 8 N–H and O–H groups in total. The molecule has 4 nitrogen and oxygen atoms in total. The Kier molecular flexibility index (Phi) is 19300. The Morgan fingerprint density at radius 1 is 0.400 bits per heavy atom. The summed E-state index contributed by atoms with van der Waals surface area (Å²) in [5.41, 5.74) is 0. The van der Waals surface area contributed by atoms with Crippen molar-refractivity contribution in [1.29, 1.82) is 0 Å². The molecule has 0 unspecified atom stereocenters. The first kappa shape index (κ1) is 442. The Morgan fingerprint density at radius 2 is 0.400 bits per heavy atom. The third-order valence-electron chi connectivity index (χ3n) is 0. The van der Waals surface area contributed by atoms with Gasteiger partial charge in [-0.15, -0.1) is 0 Å². The number of rotatable bonds is 0. The van der Waals surface area contributed by atoms with E-state index in [2.05, 4.69) is 0 Å². The second-order valence-corrected chi connectivity index (χ2v) is 0. The molecule has 0 aliphatic carbocycles. The molecule has 0 aromatic carbocycles. The Balaban J connectivity index is 0. The van der Waals surface area contributed by atoms with Gasteiger partial charge in [0.25, 0.3) is 0 Å². The molecule has 5 heteroatoms. The van der Waals surface area contributed by atoms with Crippen LogP contribution in [0.1, 0.15) is 0 Å². The first-order chi connectivity index (χ1) is 0. The van der Waals surface area contributed by atoms with E-state index >= 15 is 0 Å². The molecule has 0 heterocycles. The van der Waals surface area contributed by atoms with Crippen LogP contribution in [0.25, 0.3) is 24.6 Å². The molecule has 0 aromatic heterocycles. The van der Waals surface area contributed by atoms with E-state index in [4.69, 9.17) is 0 Å². The predicted molar refractivity (Wildman–Crippen MR) is 21.1 cm³/mol. The Hall–Kier alpha value is 0.502. The average molecular weight is 171 g/mol. The molecule has 0 spiro atoms. The van der Waals surface area contributed by atoms with Gasteiger partial charge in [-0.3, -0.25) is 0 Å². The molecular formula is H8N4Pd-4. The van der Waals surface area contributed by atoms with Gasteiger partial charge in [-0.05, 0) is 0 Å². The molecule has 0 atom stereocenters. The summed E-state index contributed by atoms with van der Waals surface area (Å²) < 4.78 is 0. The summed E-state index contributed by atoms with van der Waals surface area (Å²) in [5.74, 6) is 0. The van der Waals surface area contributed by atoms with Crippen LogP contribution in [0.5, 0.6) is 0 Å². The van der Waals surface area contributed by atoms with Crippen LogP contribution in [0.4, 0.5) is 0 Å². The van der Waals surface area contributed by atoms with Gasteiger partial charge in [-0.25, -0.2) is 0 Å². The van der Waals surface area contributed by atoms with Gasteiger partial charge in [0.1, 0.15) is 0 Å². The zero-order chi connectivity index (χ0) is 0. The average Bonchev–Trinajstić information content (AvgIpc) is 0. The zero-order valence-electron chi connectivity index (χ0n) is 2.63.